The Morgan fingerprint density at radius 2 is 1.00 bits per heavy atom. The van der Waals surface area contributed by atoms with Gasteiger partial charge in [-0.15, -0.1) is 0 Å². The van der Waals surface area contributed by atoms with Crippen LogP contribution in [0.5, 0.6) is 0 Å². The van der Waals surface area contributed by atoms with Gasteiger partial charge in [-0.05, 0) is 32.1 Å². The van der Waals surface area contributed by atoms with Gasteiger partial charge < -0.3 is 4.79 Å². The molecule has 0 amide bonds. The molecule has 0 bridgehead atoms. The van der Waals surface area contributed by atoms with Gasteiger partial charge in [0.1, 0.15) is 6.29 Å². The second-order valence-electron chi connectivity index (χ2n) is 5.54. The Labute approximate surface area is 120 Å². The molecular weight excluding hydrogens is 232 g/mol. The summed E-state index contributed by atoms with van der Waals surface area (Å²) in [6, 6.07) is 0. The minimum atomic E-state index is 0.744. The van der Waals surface area contributed by atoms with E-state index in [0.717, 1.165) is 19.1 Å². The van der Waals surface area contributed by atoms with E-state index in [4.69, 9.17) is 0 Å². The number of rotatable bonds is 15. The van der Waals surface area contributed by atoms with Gasteiger partial charge >= 0.3 is 0 Å². The molecule has 0 rings (SSSR count). The minimum Gasteiger partial charge on any atom is -0.303 e. The lowest BCUT2D eigenvalue weighted by atomic mass is 10.1. The van der Waals surface area contributed by atoms with Gasteiger partial charge in [0.2, 0.25) is 0 Å². The number of unbranched alkanes of at least 4 members (excludes halogenated alkanes) is 12. The molecule has 0 aliphatic heterocycles. The molecule has 0 saturated carbocycles. The average molecular weight is 266 g/mol. The van der Waals surface area contributed by atoms with E-state index in [2.05, 4.69) is 19.1 Å². The van der Waals surface area contributed by atoms with Crippen molar-refractivity contribution >= 4 is 6.29 Å². The molecule has 1 nitrogen and oxygen atoms in total. The van der Waals surface area contributed by atoms with Crippen LogP contribution < -0.4 is 0 Å². The molecule has 1 heteroatoms. The van der Waals surface area contributed by atoms with E-state index in [9.17, 15) is 4.79 Å². The van der Waals surface area contributed by atoms with Crippen molar-refractivity contribution in [2.75, 3.05) is 0 Å². The Balaban J connectivity index is 3.03. The minimum absolute atomic E-state index is 0.744. The smallest absolute Gasteiger partial charge is 0.119 e. The van der Waals surface area contributed by atoms with E-state index in [1.807, 2.05) is 0 Å². The summed E-state index contributed by atoms with van der Waals surface area (Å²) >= 11 is 0. The van der Waals surface area contributed by atoms with Crippen molar-refractivity contribution in [3.63, 3.8) is 0 Å². The lowest BCUT2D eigenvalue weighted by Gasteiger charge is -1.99. The molecule has 0 heterocycles. The molecule has 0 aromatic rings. The van der Waals surface area contributed by atoms with Crippen LogP contribution in [0.3, 0.4) is 0 Å². The molecule has 0 unspecified atom stereocenters. The fourth-order valence-electron chi connectivity index (χ4n) is 2.30. The van der Waals surface area contributed by atoms with E-state index in [1.54, 1.807) is 0 Å². The Kier molecular flexibility index (Phi) is 16.9. The Bertz CT molecular complexity index is 196. The summed E-state index contributed by atoms with van der Waals surface area (Å²) in [6.07, 6.45) is 23.6. The molecule has 0 fully saturated rings. The van der Waals surface area contributed by atoms with Crippen molar-refractivity contribution in [2.24, 2.45) is 0 Å². The van der Waals surface area contributed by atoms with Gasteiger partial charge in [0.25, 0.3) is 0 Å². The van der Waals surface area contributed by atoms with Gasteiger partial charge in [-0.2, -0.15) is 0 Å². The van der Waals surface area contributed by atoms with Crippen LogP contribution in [0.15, 0.2) is 12.2 Å². The number of aldehydes is 1. The Morgan fingerprint density at radius 3 is 1.47 bits per heavy atom. The van der Waals surface area contributed by atoms with Crippen molar-refractivity contribution in [2.45, 2.75) is 96.8 Å². The van der Waals surface area contributed by atoms with Crippen molar-refractivity contribution < 1.29 is 4.79 Å². The van der Waals surface area contributed by atoms with E-state index in [1.165, 1.54) is 77.0 Å². The Morgan fingerprint density at radius 1 is 0.579 bits per heavy atom. The molecule has 0 atom stereocenters. The zero-order valence-corrected chi connectivity index (χ0v) is 13.0. The highest BCUT2D eigenvalue weighted by atomic mass is 16.1. The lowest BCUT2D eigenvalue weighted by Crippen LogP contribution is -1.80. The van der Waals surface area contributed by atoms with E-state index < -0.39 is 0 Å². The summed E-state index contributed by atoms with van der Waals surface area (Å²) in [5.74, 6) is 0. The normalized spacial score (nSPS) is 11.2. The van der Waals surface area contributed by atoms with Crippen LogP contribution in [0.2, 0.25) is 0 Å². The second-order valence-corrected chi connectivity index (χ2v) is 5.54. The van der Waals surface area contributed by atoms with Crippen LogP contribution >= 0.6 is 0 Å². The van der Waals surface area contributed by atoms with Gasteiger partial charge in [-0.3, -0.25) is 0 Å². The molecule has 0 spiro atoms. The summed E-state index contributed by atoms with van der Waals surface area (Å²) in [7, 11) is 0. The Hall–Kier alpha value is -0.590. The summed E-state index contributed by atoms with van der Waals surface area (Å²) in [5.41, 5.74) is 0. The standard InChI is InChI=1S/C18H34O/c1-2-3-4-5-6-7-8-9-10-11-12-13-14-15-16-17-18-19/h10-11,18H,2-9,12-17H2,1H3. The highest BCUT2D eigenvalue weighted by molar-refractivity contribution is 5.48. The van der Waals surface area contributed by atoms with Crippen LogP contribution in [0.25, 0.3) is 0 Å². The molecule has 0 N–H and O–H groups in total. The summed E-state index contributed by atoms with van der Waals surface area (Å²) in [6.45, 7) is 2.27. The SMILES string of the molecule is CCCCCCCCCC=CCCCCCCC=O. The summed E-state index contributed by atoms with van der Waals surface area (Å²) in [4.78, 5) is 10.1. The highest BCUT2D eigenvalue weighted by Gasteiger charge is 1.90. The molecule has 0 aromatic carbocycles. The quantitative estimate of drug-likeness (QED) is 0.195. The number of carbonyl (C=O) groups excluding carboxylic acids is 1. The number of allylic oxidation sites excluding steroid dienone is 2. The first-order chi connectivity index (χ1) is 9.41. The van der Waals surface area contributed by atoms with Crippen LogP contribution in [0, 0.1) is 0 Å². The fraction of sp³-hybridized carbons (Fsp3) is 0.833. The predicted octanol–water partition coefficient (Wildman–Crippen LogP) is 6.22. The third-order valence-electron chi connectivity index (χ3n) is 3.58. The molecular formula is C18H34O. The molecule has 0 aliphatic carbocycles. The van der Waals surface area contributed by atoms with Crippen molar-refractivity contribution in [3.8, 4) is 0 Å². The first kappa shape index (κ1) is 18.4. The predicted molar refractivity (Wildman–Crippen MR) is 85.5 cm³/mol. The van der Waals surface area contributed by atoms with Crippen LogP contribution in [-0.4, -0.2) is 6.29 Å². The van der Waals surface area contributed by atoms with Crippen LogP contribution in [-0.2, 0) is 4.79 Å². The second kappa shape index (κ2) is 17.4. The molecule has 0 aliphatic rings. The van der Waals surface area contributed by atoms with Gasteiger partial charge in [0, 0.05) is 6.42 Å². The first-order valence-electron chi connectivity index (χ1n) is 8.50. The van der Waals surface area contributed by atoms with Gasteiger partial charge in [-0.25, -0.2) is 0 Å². The van der Waals surface area contributed by atoms with E-state index in [0.29, 0.717) is 0 Å². The third-order valence-corrected chi connectivity index (χ3v) is 3.58. The zero-order valence-electron chi connectivity index (χ0n) is 13.0. The van der Waals surface area contributed by atoms with Gasteiger partial charge in [-0.1, -0.05) is 70.4 Å². The first-order valence-corrected chi connectivity index (χ1v) is 8.50. The monoisotopic (exact) mass is 266 g/mol. The average Bonchev–Trinajstić information content (AvgIpc) is 2.43. The van der Waals surface area contributed by atoms with Crippen molar-refractivity contribution in [1.29, 1.82) is 0 Å². The van der Waals surface area contributed by atoms with Crippen LogP contribution in [0.1, 0.15) is 96.8 Å². The molecule has 112 valence electrons. The zero-order chi connectivity index (χ0) is 14.0. The van der Waals surface area contributed by atoms with Gasteiger partial charge in [0.05, 0.1) is 0 Å². The van der Waals surface area contributed by atoms with Crippen LogP contribution in [0.4, 0.5) is 0 Å². The number of hydrogen-bond acceptors (Lipinski definition) is 1. The van der Waals surface area contributed by atoms with Crippen molar-refractivity contribution in [3.05, 3.63) is 12.2 Å². The van der Waals surface area contributed by atoms with Crippen molar-refractivity contribution in [1.82, 2.24) is 0 Å². The molecule has 0 radical (unpaired) electrons. The highest BCUT2D eigenvalue weighted by Crippen LogP contribution is 2.09. The van der Waals surface area contributed by atoms with E-state index in [-0.39, 0.29) is 0 Å². The number of carbonyl (C=O) groups is 1. The molecule has 19 heavy (non-hydrogen) atoms. The maximum Gasteiger partial charge on any atom is 0.119 e. The summed E-state index contributed by atoms with van der Waals surface area (Å²) in [5, 5.41) is 0. The topological polar surface area (TPSA) is 17.1 Å². The summed E-state index contributed by atoms with van der Waals surface area (Å²) < 4.78 is 0. The van der Waals surface area contributed by atoms with E-state index >= 15 is 0 Å². The third kappa shape index (κ3) is 17.4. The number of hydrogen-bond donors (Lipinski definition) is 0. The maximum atomic E-state index is 10.1. The molecule has 0 aromatic heterocycles. The molecule has 0 saturated heterocycles. The fourth-order valence-corrected chi connectivity index (χ4v) is 2.30. The largest absolute Gasteiger partial charge is 0.303 e. The van der Waals surface area contributed by atoms with Gasteiger partial charge in [0.15, 0.2) is 0 Å². The maximum absolute atomic E-state index is 10.1. The lowest BCUT2D eigenvalue weighted by molar-refractivity contribution is -0.107.